The molecule has 0 bridgehead atoms. The monoisotopic (exact) mass is 343 g/mol. The average molecular weight is 343 g/mol. The average Bonchev–Trinajstić information content (AvgIpc) is 3.03. The molecule has 24 heavy (non-hydrogen) atoms. The van der Waals surface area contributed by atoms with Gasteiger partial charge in [-0.05, 0) is 50.8 Å². The smallest absolute Gasteiger partial charge is 0.263 e. The van der Waals surface area contributed by atoms with Gasteiger partial charge in [0.25, 0.3) is 5.91 Å². The molecule has 0 unspecified atom stereocenters. The van der Waals surface area contributed by atoms with Crippen molar-refractivity contribution in [1.82, 2.24) is 15.2 Å². The maximum atomic E-state index is 12.1. The third kappa shape index (κ3) is 4.65. The van der Waals surface area contributed by atoms with Crippen molar-refractivity contribution in [3.63, 3.8) is 0 Å². The minimum atomic E-state index is 0.0245. The van der Waals surface area contributed by atoms with Gasteiger partial charge in [-0.3, -0.25) is 9.69 Å². The summed E-state index contributed by atoms with van der Waals surface area (Å²) < 4.78 is 0. The summed E-state index contributed by atoms with van der Waals surface area (Å²) in [6, 6.07) is 10.7. The zero-order valence-electron chi connectivity index (χ0n) is 14.2. The first kappa shape index (κ1) is 17.1. The van der Waals surface area contributed by atoms with E-state index in [0.29, 0.717) is 0 Å². The number of amides is 1. The summed E-state index contributed by atoms with van der Waals surface area (Å²) in [7, 11) is 0. The van der Waals surface area contributed by atoms with E-state index in [9.17, 15) is 4.79 Å². The number of aryl methyl sites for hydroxylation is 1. The van der Waals surface area contributed by atoms with Crippen LogP contribution >= 0.6 is 11.3 Å². The summed E-state index contributed by atoms with van der Waals surface area (Å²) in [4.78, 5) is 19.5. The Morgan fingerprint density at radius 2 is 2.04 bits per heavy atom. The fraction of sp³-hybridized carbons (Fsp3) is 0.474. The number of hydrogen-bond acceptors (Lipinski definition) is 4. The van der Waals surface area contributed by atoms with Crippen molar-refractivity contribution >= 4 is 17.2 Å². The van der Waals surface area contributed by atoms with Crippen molar-refractivity contribution in [2.75, 3.05) is 19.6 Å². The van der Waals surface area contributed by atoms with E-state index in [1.54, 1.807) is 5.51 Å². The molecule has 1 N–H and O–H groups in total. The minimum Gasteiger partial charge on any atom is -0.351 e. The third-order valence-corrected chi connectivity index (χ3v) is 5.67. The van der Waals surface area contributed by atoms with Crippen molar-refractivity contribution in [1.29, 1.82) is 0 Å². The first-order valence-electron chi connectivity index (χ1n) is 8.67. The highest BCUT2D eigenvalue weighted by molar-refractivity contribution is 7.11. The van der Waals surface area contributed by atoms with Crippen LogP contribution in [-0.2, 0) is 6.54 Å². The van der Waals surface area contributed by atoms with E-state index in [-0.39, 0.29) is 5.91 Å². The quantitative estimate of drug-likeness (QED) is 0.873. The van der Waals surface area contributed by atoms with Gasteiger partial charge in [0, 0.05) is 13.1 Å². The van der Waals surface area contributed by atoms with E-state index >= 15 is 0 Å². The second kappa shape index (κ2) is 8.40. The number of benzene rings is 1. The molecule has 5 heteroatoms. The van der Waals surface area contributed by atoms with Crippen LogP contribution in [0.15, 0.2) is 35.8 Å². The molecule has 0 atom stereocenters. The highest BCUT2D eigenvalue weighted by Gasteiger charge is 2.19. The molecule has 1 saturated heterocycles. The Bertz CT molecular complexity index is 648. The van der Waals surface area contributed by atoms with E-state index < -0.39 is 0 Å². The largest absolute Gasteiger partial charge is 0.351 e. The minimum absolute atomic E-state index is 0.0245. The van der Waals surface area contributed by atoms with Crippen LogP contribution in [0.1, 0.15) is 40.2 Å². The highest BCUT2D eigenvalue weighted by Crippen LogP contribution is 2.21. The Hall–Kier alpha value is -1.72. The van der Waals surface area contributed by atoms with Gasteiger partial charge in [-0.1, -0.05) is 30.3 Å². The standard InChI is InChI=1S/C19H25N3OS/c1-15-18(24-14-21-15)19(23)20-10-7-16-8-11-22(12-9-16)13-17-5-3-2-4-6-17/h2-6,14,16H,7-13H2,1H3,(H,20,23). The maximum absolute atomic E-state index is 12.1. The summed E-state index contributed by atoms with van der Waals surface area (Å²) in [6.45, 7) is 6.01. The van der Waals surface area contributed by atoms with Crippen molar-refractivity contribution in [3.05, 3.63) is 52.0 Å². The molecule has 2 aromatic rings. The van der Waals surface area contributed by atoms with Gasteiger partial charge in [0.2, 0.25) is 0 Å². The van der Waals surface area contributed by atoms with Gasteiger partial charge in [-0.15, -0.1) is 11.3 Å². The third-order valence-electron chi connectivity index (χ3n) is 4.75. The lowest BCUT2D eigenvalue weighted by Gasteiger charge is -2.32. The summed E-state index contributed by atoms with van der Waals surface area (Å²) in [5.74, 6) is 0.747. The molecule has 1 aliphatic rings. The zero-order valence-corrected chi connectivity index (χ0v) is 15.0. The Morgan fingerprint density at radius 1 is 1.29 bits per heavy atom. The molecule has 0 aliphatic carbocycles. The Balaban J connectivity index is 1.35. The molecule has 1 amide bonds. The molecule has 0 spiro atoms. The topological polar surface area (TPSA) is 45.2 Å². The van der Waals surface area contributed by atoms with E-state index in [1.807, 2.05) is 6.92 Å². The second-order valence-corrected chi connectivity index (χ2v) is 7.37. The van der Waals surface area contributed by atoms with E-state index in [0.717, 1.165) is 49.1 Å². The first-order valence-corrected chi connectivity index (χ1v) is 9.55. The fourth-order valence-electron chi connectivity index (χ4n) is 3.26. The summed E-state index contributed by atoms with van der Waals surface area (Å²) >= 11 is 1.42. The SMILES string of the molecule is Cc1ncsc1C(=O)NCCC1CCN(Cc2ccccc2)CC1. The lowest BCUT2D eigenvalue weighted by molar-refractivity contribution is 0.0951. The van der Waals surface area contributed by atoms with Crippen molar-refractivity contribution in [2.24, 2.45) is 5.92 Å². The van der Waals surface area contributed by atoms with Crippen LogP contribution in [0.3, 0.4) is 0 Å². The van der Waals surface area contributed by atoms with Gasteiger partial charge >= 0.3 is 0 Å². The number of thiazole rings is 1. The molecular formula is C19H25N3OS. The lowest BCUT2D eigenvalue weighted by atomic mass is 9.93. The lowest BCUT2D eigenvalue weighted by Crippen LogP contribution is -2.34. The predicted octanol–water partition coefficient (Wildman–Crippen LogP) is 3.48. The van der Waals surface area contributed by atoms with Gasteiger partial charge in [0.15, 0.2) is 0 Å². The molecular weight excluding hydrogens is 318 g/mol. The number of rotatable bonds is 6. The Labute approximate surface area is 147 Å². The van der Waals surface area contributed by atoms with Crippen molar-refractivity contribution < 1.29 is 4.79 Å². The number of carbonyl (C=O) groups excluding carboxylic acids is 1. The van der Waals surface area contributed by atoms with Crippen LogP contribution in [0.4, 0.5) is 0 Å². The number of nitrogens with zero attached hydrogens (tertiary/aromatic N) is 2. The number of nitrogens with one attached hydrogen (secondary N) is 1. The first-order chi connectivity index (χ1) is 11.7. The Morgan fingerprint density at radius 3 is 2.71 bits per heavy atom. The van der Waals surface area contributed by atoms with E-state index in [1.165, 1.54) is 29.7 Å². The van der Waals surface area contributed by atoms with Crippen LogP contribution in [-0.4, -0.2) is 35.4 Å². The highest BCUT2D eigenvalue weighted by atomic mass is 32.1. The van der Waals surface area contributed by atoms with Gasteiger partial charge in [-0.25, -0.2) is 4.98 Å². The van der Waals surface area contributed by atoms with Crippen LogP contribution in [0.25, 0.3) is 0 Å². The molecule has 1 aromatic carbocycles. The fourth-order valence-corrected chi connectivity index (χ4v) is 3.98. The number of piperidine rings is 1. The van der Waals surface area contributed by atoms with Gasteiger partial charge < -0.3 is 5.32 Å². The van der Waals surface area contributed by atoms with Crippen molar-refractivity contribution in [3.8, 4) is 0 Å². The van der Waals surface area contributed by atoms with Gasteiger partial charge in [-0.2, -0.15) is 0 Å². The van der Waals surface area contributed by atoms with Gasteiger partial charge in [0.1, 0.15) is 4.88 Å². The van der Waals surface area contributed by atoms with Crippen molar-refractivity contribution in [2.45, 2.75) is 32.7 Å². The molecule has 4 nitrogen and oxygen atoms in total. The van der Waals surface area contributed by atoms with E-state index in [4.69, 9.17) is 0 Å². The molecule has 1 aromatic heterocycles. The number of carbonyl (C=O) groups is 1. The molecule has 3 rings (SSSR count). The summed E-state index contributed by atoms with van der Waals surface area (Å²) in [5.41, 5.74) is 3.95. The van der Waals surface area contributed by atoms with E-state index in [2.05, 4.69) is 45.5 Å². The zero-order chi connectivity index (χ0) is 16.8. The predicted molar refractivity (Wildman–Crippen MR) is 98.2 cm³/mol. The number of hydrogen-bond donors (Lipinski definition) is 1. The van der Waals surface area contributed by atoms with Crippen LogP contribution < -0.4 is 5.32 Å². The molecule has 1 aliphatic heterocycles. The molecule has 2 heterocycles. The van der Waals surface area contributed by atoms with Crippen LogP contribution in [0.2, 0.25) is 0 Å². The summed E-state index contributed by atoms with van der Waals surface area (Å²) in [5, 5.41) is 3.04. The van der Waals surface area contributed by atoms with Gasteiger partial charge in [0.05, 0.1) is 11.2 Å². The number of aromatic nitrogens is 1. The second-order valence-electron chi connectivity index (χ2n) is 6.52. The molecule has 0 saturated carbocycles. The summed E-state index contributed by atoms with van der Waals surface area (Å²) in [6.07, 6.45) is 3.52. The van der Waals surface area contributed by atoms with Crippen LogP contribution in [0.5, 0.6) is 0 Å². The van der Waals surface area contributed by atoms with Crippen LogP contribution in [0, 0.1) is 12.8 Å². The maximum Gasteiger partial charge on any atom is 0.263 e. The number of likely N-dealkylation sites (tertiary alicyclic amines) is 1. The molecule has 1 fully saturated rings. The Kier molecular flexibility index (Phi) is 5.99. The molecule has 128 valence electrons. The molecule has 0 radical (unpaired) electrons. The normalized spacial score (nSPS) is 16.2.